The second kappa shape index (κ2) is 7.59. The zero-order chi connectivity index (χ0) is 20.4. The van der Waals surface area contributed by atoms with Crippen LogP contribution in [-0.2, 0) is 0 Å². The van der Waals surface area contributed by atoms with Crippen molar-refractivity contribution in [3.05, 3.63) is 89.5 Å². The summed E-state index contributed by atoms with van der Waals surface area (Å²) in [5, 5.41) is 2.80. The Hall–Kier alpha value is -3.93. The molecule has 1 aliphatic rings. The summed E-state index contributed by atoms with van der Waals surface area (Å²) in [6.07, 6.45) is 0. The third-order valence-electron chi connectivity index (χ3n) is 4.59. The highest BCUT2D eigenvalue weighted by Crippen LogP contribution is 2.31. The van der Waals surface area contributed by atoms with Gasteiger partial charge in [0.15, 0.2) is 0 Å². The molecule has 3 aromatic carbocycles. The Kier molecular flexibility index (Phi) is 4.83. The van der Waals surface area contributed by atoms with Gasteiger partial charge in [0.1, 0.15) is 5.75 Å². The molecule has 4 rings (SSSR count). The van der Waals surface area contributed by atoms with E-state index in [1.807, 2.05) is 6.92 Å². The number of fused-ring (bicyclic) bond motifs is 1. The van der Waals surface area contributed by atoms with E-state index in [0.29, 0.717) is 29.2 Å². The second-order valence-corrected chi connectivity index (χ2v) is 6.42. The van der Waals surface area contributed by atoms with Crippen molar-refractivity contribution in [3.8, 4) is 5.75 Å². The quantitative estimate of drug-likeness (QED) is 0.669. The van der Waals surface area contributed by atoms with Crippen molar-refractivity contribution in [2.75, 3.05) is 16.8 Å². The number of para-hydroxylation sites is 1. The van der Waals surface area contributed by atoms with Gasteiger partial charge in [-0.1, -0.05) is 30.3 Å². The number of imide groups is 1. The lowest BCUT2D eigenvalue weighted by Crippen LogP contribution is -2.31. The smallest absolute Gasteiger partial charge is 0.266 e. The molecule has 3 aromatic rings. The molecular weight excluding hydrogens is 368 g/mol. The number of amides is 3. The summed E-state index contributed by atoms with van der Waals surface area (Å²) in [6.45, 7) is 2.39. The Labute approximate surface area is 167 Å². The van der Waals surface area contributed by atoms with Crippen molar-refractivity contribution >= 4 is 29.1 Å². The summed E-state index contributed by atoms with van der Waals surface area (Å²) in [7, 11) is 0. The van der Waals surface area contributed by atoms with E-state index in [0.717, 1.165) is 4.90 Å². The monoisotopic (exact) mass is 386 g/mol. The molecule has 6 heteroatoms. The lowest BCUT2D eigenvalue weighted by molar-refractivity contribution is 0.0926. The average molecular weight is 386 g/mol. The predicted molar refractivity (Wildman–Crippen MR) is 110 cm³/mol. The predicted octanol–water partition coefficient (Wildman–Crippen LogP) is 4.14. The van der Waals surface area contributed by atoms with Crippen LogP contribution < -0.4 is 15.0 Å². The number of carbonyl (C=O) groups is 3. The molecule has 6 nitrogen and oxygen atoms in total. The van der Waals surface area contributed by atoms with Crippen molar-refractivity contribution in [1.82, 2.24) is 0 Å². The second-order valence-electron chi connectivity index (χ2n) is 6.42. The van der Waals surface area contributed by atoms with Crippen LogP contribution in [0.4, 0.5) is 11.4 Å². The number of rotatable bonds is 5. The molecule has 0 saturated heterocycles. The van der Waals surface area contributed by atoms with Crippen molar-refractivity contribution in [1.29, 1.82) is 0 Å². The van der Waals surface area contributed by atoms with Gasteiger partial charge >= 0.3 is 0 Å². The maximum absolute atomic E-state index is 12.9. The fourth-order valence-electron chi connectivity index (χ4n) is 3.30. The van der Waals surface area contributed by atoms with Crippen LogP contribution >= 0.6 is 0 Å². The van der Waals surface area contributed by atoms with Crippen molar-refractivity contribution in [2.45, 2.75) is 6.92 Å². The largest absolute Gasteiger partial charge is 0.494 e. The number of anilines is 2. The first kappa shape index (κ1) is 18.4. The van der Waals surface area contributed by atoms with Crippen LogP contribution in [0.5, 0.6) is 5.75 Å². The molecule has 0 spiro atoms. The number of benzene rings is 3. The Morgan fingerprint density at radius 3 is 2.24 bits per heavy atom. The molecule has 0 aliphatic carbocycles. The molecule has 1 aliphatic heterocycles. The molecule has 0 aromatic heterocycles. The highest BCUT2D eigenvalue weighted by Gasteiger charge is 2.37. The molecule has 0 unspecified atom stereocenters. The first-order valence-electron chi connectivity index (χ1n) is 9.21. The molecule has 144 valence electrons. The molecule has 0 atom stereocenters. The molecule has 29 heavy (non-hydrogen) atoms. The Morgan fingerprint density at radius 1 is 0.897 bits per heavy atom. The summed E-state index contributed by atoms with van der Waals surface area (Å²) < 4.78 is 5.45. The van der Waals surface area contributed by atoms with E-state index in [4.69, 9.17) is 4.74 Å². The molecule has 0 saturated carbocycles. The maximum atomic E-state index is 12.9. The molecule has 0 radical (unpaired) electrons. The minimum Gasteiger partial charge on any atom is -0.494 e. The van der Waals surface area contributed by atoms with E-state index >= 15 is 0 Å². The Morgan fingerprint density at radius 2 is 1.55 bits per heavy atom. The van der Waals surface area contributed by atoms with E-state index in [2.05, 4.69) is 5.32 Å². The summed E-state index contributed by atoms with van der Waals surface area (Å²) in [5.41, 5.74) is 1.69. The summed E-state index contributed by atoms with van der Waals surface area (Å²) in [6, 6.07) is 20.2. The fraction of sp³-hybridized carbons (Fsp3) is 0.0870. The van der Waals surface area contributed by atoms with Crippen LogP contribution in [0.3, 0.4) is 0 Å². The number of carbonyl (C=O) groups excluding carboxylic acids is 3. The van der Waals surface area contributed by atoms with Gasteiger partial charge in [-0.05, 0) is 43.3 Å². The van der Waals surface area contributed by atoms with Crippen molar-refractivity contribution in [3.63, 3.8) is 0 Å². The number of nitrogens with zero attached hydrogens (tertiary/aromatic N) is 1. The lowest BCUT2D eigenvalue weighted by Gasteiger charge is -2.18. The number of nitrogens with one attached hydrogen (secondary N) is 1. The highest BCUT2D eigenvalue weighted by molar-refractivity contribution is 6.35. The third-order valence-corrected chi connectivity index (χ3v) is 4.59. The lowest BCUT2D eigenvalue weighted by atomic mass is 10.1. The highest BCUT2D eigenvalue weighted by atomic mass is 16.5. The molecule has 3 amide bonds. The number of ether oxygens (including phenoxy) is 1. The van der Waals surface area contributed by atoms with E-state index in [1.165, 1.54) is 0 Å². The maximum Gasteiger partial charge on any atom is 0.266 e. The normalized spacial score (nSPS) is 12.7. The SMILES string of the molecule is CCOc1cccc(NC(=O)c2ccccc2N2C(=O)c3ccccc3C2=O)c1. The van der Waals surface area contributed by atoms with Crippen LogP contribution in [0.2, 0.25) is 0 Å². The van der Waals surface area contributed by atoms with Crippen molar-refractivity contribution < 1.29 is 19.1 Å². The standard InChI is InChI=1S/C23H18N2O4/c1-2-29-16-9-7-8-15(14-16)24-21(26)19-12-5-6-13-20(19)25-22(27)17-10-3-4-11-18(17)23(25)28/h3-14H,2H2,1H3,(H,24,26). The molecule has 1 heterocycles. The first-order chi connectivity index (χ1) is 14.1. The summed E-state index contributed by atoms with van der Waals surface area (Å²) in [4.78, 5) is 39.6. The zero-order valence-corrected chi connectivity index (χ0v) is 15.7. The van der Waals surface area contributed by atoms with E-state index in [9.17, 15) is 14.4 Å². The van der Waals surface area contributed by atoms with Gasteiger partial charge < -0.3 is 10.1 Å². The van der Waals surface area contributed by atoms with Gasteiger partial charge in [-0.25, -0.2) is 4.90 Å². The first-order valence-corrected chi connectivity index (χ1v) is 9.21. The van der Waals surface area contributed by atoms with Crippen LogP contribution in [-0.4, -0.2) is 24.3 Å². The van der Waals surface area contributed by atoms with Gasteiger partial charge in [0.05, 0.1) is 29.0 Å². The minimum absolute atomic E-state index is 0.226. The Bertz CT molecular complexity index is 1090. The van der Waals surface area contributed by atoms with Gasteiger partial charge in [-0.2, -0.15) is 0 Å². The zero-order valence-electron chi connectivity index (χ0n) is 15.7. The number of hydrogen-bond acceptors (Lipinski definition) is 4. The fourth-order valence-corrected chi connectivity index (χ4v) is 3.30. The topological polar surface area (TPSA) is 75.7 Å². The minimum atomic E-state index is -0.441. The van der Waals surface area contributed by atoms with Gasteiger partial charge in [0.25, 0.3) is 17.7 Å². The van der Waals surface area contributed by atoms with E-state index in [1.54, 1.807) is 72.8 Å². The van der Waals surface area contributed by atoms with Gasteiger partial charge in [-0.3, -0.25) is 14.4 Å². The average Bonchev–Trinajstić information content (AvgIpc) is 2.99. The van der Waals surface area contributed by atoms with Crippen LogP contribution in [0.15, 0.2) is 72.8 Å². The van der Waals surface area contributed by atoms with Gasteiger partial charge in [-0.15, -0.1) is 0 Å². The van der Waals surface area contributed by atoms with Gasteiger partial charge in [0, 0.05) is 11.8 Å². The number of hydrogen-bond donors (Lipinski definition) is 1. The Balaban J connectivity index is 1.66. The van der Waals surface area contributed by atoms with E-state index < -0.39 is 17.7 Å². The van der Waals surface area contributed by atoms with Crippen LogP contribution in [0.25, 0.3) is 0 Å². The molecule has 0 fully saturated rings. The molecule has 0 bridgehead atoms. The van der Waals surface area contributed by atoms with Crippen LogP contribution in [0.1, 0.15) is 38.0 Å². The third kappa shape index (κ3) is 3.36. The van der Waals surface area contributed by atoms with Gasteiger partial charge in [0.2, 0.25) is 0 Å². The summed E-state index contributed by atoms with van der Waals surface area (Å²) >= 11 is 0. The molecule has 1 N–H and O–H groups in total. The van der Waals surface area contributed by atoms with Crippen molar-refractivity contribution in [2.24, 2.45) is 0 Å². The van der Waals surface area contributed by atoms with E-state index in [-0.39, 0.29) is 11.3 Å². The van der Waals surface area contributed by atoms with Crippen LogP contribution in [0, 0.1) is 0 Å². The molecular formula is C23H18N2O4. The summed E-state index contributed by atoms with van der Waals surface area (Å²) in [5.74, 6) is -0.668.